The molecule has 1 N–H and O–H groups in total. The third-order valence-corrected chi connectivity index (χ3v) is 4.25. The number of anilines is 1. The molecule has 0 radical (unpaired) electrons. The lowest BCUT2D eigenvalue weighted by molar-refractivity contribution is 0.596. The van der Waals surface area contributed by atoms with Crippen LogP contribution in [0.2, 0.25) is 0 Å². The molecule has 0 atom stereocenters. The number of nitrogens with one attached hydrogen (secondary N) is 1. The Kier molecular flexibility index (Phi) is 2.53. The van der Waals surface area contributed by atoms with E-state index in [0.29, 0.717) is 6.54 Å². The smallest absolute Gasteiger partial charge is 0.156 e. The van der Waals surface area contributed by atoms with Gasteiger partial charge >= 0.3 is 0 Å². The SMILES string of the molecule is O=S1(=O)CCNc2cc(Br)ccc2C1. The summed E-state index contributed by atoms with van der Waals surface area (Å²) in [5, 5.41) is 3.11. The first-order chi connectivity index (χ1) is 6.57. The lowest BCUT2D eigenvalue weighted by atomic mass is 10.2. The number of benzene rings is 1. The average molecular weight is 276 g/mol. The summed E-state index contributed by atoms with van der Waals surface area (Å²) in [7, 11) is -2.92. The van der Waals surface area contributed by atoms with Crippen molar-refractivity contribution in [2.75, 3.05) is 17.6 Å². The highest BCUT2D eigenvalue weighted by Crippen LogP contribution is 2.25. The second-order valence-electron chi connectivity index (χ2n) is 3.32. The number of hydrogen-bond acceptors (Lipinski definition) is 3. The van der Waals surface area contributed by atoms with Crippen molar-refractivity contribution in [3.05, 3.63) is 28.2 Å². The van der Waals surface area contributed by atoms with Crippen molar-refractivity contribution >= 4 is 31.5 Å². The van der Waals surface area contributed by atoms with Crippen LogP contribution in [0.1, 0.15) is 5.56 Å². The molecule has 2 rings (SSSR count). The number of hydrogen-bond donors (Lipinski definition) is 1. The predicted octanol–water partition coefficient (Wildman–Crippen LogP) is 1.79. The quantitative estimate of drug-likeness (QED) is 0.785. The number of sulfone groups is 1. The summed E-state index contributed by atoms with van der Waals surface area (Å²) in [5.74, 6) is 0.349. The van der Waals surface area contributed by atoms with Crippen LogP contribution in [0.3, 0.4) is 0 Å². The van der Waals surface area contributed by atoms with Gasteiger partial charge in [0.05, 0.1) is 11.5 Å². The van der Waals surface area contributed by atoms with E-state index in [1.807, 2.05) is 18.2 Å². The maximum Gasteiger partial charge on any atom is 0.156 e. The molecule has 0 amide bonds. The molecule has 0 saturated heterocycles. The molecule has 0 aromatic heterocycles. The first-order valence-corrected chi connectivity index (χ1v) is 6.91. The Hall–Kier alpha value is -0.550. The summed E-state index contributed by atoms with van der Waals surface area (Å²) in [6.45, 7) is 0.492. The Bertz CT molecular complexity index is 456. The summed E-state index contributed by atoms with van der Waals surface area (Å²) in [5.41, 5.74) is 1.77. The molecule has 0 aliphatic carbocycles. The molecule has 14 heavy (non-hydrogen) atoms. The Balaban J connectivity index is 2.47. The van der Waals surface area contributed by atoms with Gasteiger partial charge < -0.3 is 5.32 Å². The molecule has 76 valence electrons. The highest BCUT2D eigenvalue weighted by molar-refractivity contribution is 9.10. The molecule has 1 heterocycles. The zero-order valence-corrected chi connectivity index (χ0v) is 9.86. The third-order valence-electron chi connectivity index (χ3n) is 2.18. The molecule has 3 nitrogen and oxygen atoms in total. The highest BCUT2D eigenvalue weighted by atomic mass is 79.9. The van der Waals surface area contributed by atoms with Crippen LogP contribution >= 0.6 is 15.9 Å². The molecule has 0 spiro atoms. The summed E-state index contributed by atoms with van der Waals surface area (Å²) in [6, 6.07) is 5.62. The fourth-order valence-corrected chi connectivity index (χ4v) is 3.13. The lowest BCUT2D eigenvalue weighted by Crippen LogP contribution is -2.12. The third kappa shape index (κ3) is 2.09. The normalized spacial score (nSPS) is 19.2. The molecule has 0 unspecified atom stereocenters. The first-order valence-electron chi connectivity index (χ1n) is 4.29. The highest BCUT2D eigenvalue weighted by Gasteiger charge is 2.18. The second kappa shape index (κ2) is 3.55. The van der Waals surface area contributed by atoms with Crippen LogP contribution in [0, 0.1) is 0 Å². The molecule has 0 fully saturated rings. The van der Waals surface area contributed by atoms with E-state index in [-0.39, 0.29) is 11.5 Å². The molecule has 1 aliphatic rings. The van der Waals surface area contributed by atoms with E-state index in [4.69, 9.17) is 0 Å². The molecule has 5 heteroatoms. The van der Waals surface area contributed by atoms with E-state index in [2.05, 4.69) is 21.2 Å². The van der Waals surface area contributed by atoms with Crippen LogP contribution in [0.5, 0.6) is 0 Å². The van der Waals surface area contributed by atoms with Crippen molar-refractivity contribution in [3.8, 4) is 0 Å². The van der Waals surface area contributed by atoms with Gasteiger partial charge in [-0.3, -0.25) is 0 Å². The monoisotopic (exact) mass is 275 g/mol. The molecule has 1 aromatic carbocycles. The van der Waals surface area contributed by atoms with E-state index in [1.54, 1.807) is 0 Å². The molecular formula is C9H10BrNO2S. The fraction of sp³-hybridized carbons (Fsp3) is 0.333. The van der Waals surface area contributed by atoms with Gasteiger partial charge in [-0.1, -0.05) is 22.0 Å². The van der Waals surface area contributed by atoms with Gasteiger partial charge in [-0.05, 0) is 17.7 Å². The molecule has 0 bridgehead atoms. The van der Waals surface area contributed by atoms with Crippen molar-refractivity contribution in [2.24, 2.45) is 0 Å². The average Bonchev–Trinajstić information content (AvgIpc) is 2.22. The van der Waals surface area contributed by atoms with Crippen molar-refractivity contribution in [1.82, 2.24) is 0 Å². The van der Waals surface area contributed by atoms with Crippen LogP contribution in [0.25, 0.3) is 0 Å². The van der Waals surface area contributed by atoms with Gasteiger partial charge in [0, 0.05) is 16.7 Å². The molecule has 0 saturated carbocycles. The fourth-order valence-electron chi connectivity index (χ4n) is 1.49. The number of halogens is 1. The minimum absolute atomic E-state index is 0.141. The lowest BCUT2D eigenvalue weighted by Gasteiger charge is -2.06. The van der Waals surface area contributed by atoms with Gasteiger partial charge in [0.15, 0.2) is 9.84 Å². The zero-order chi connectivity index (χ0) is 10.2. The first kappa shape index (κ1) is 9.98. The van der Waals surface area contributed by atoms with Gasteiger partial charge in [0.2, 0.25) is 0 Å². The Morgan fingerprint density at radius 1 is 1.36 bits per heavy atom. The van der Waals surface area contributed by atoms with Crippen molar-refractivity contribution in [3.63, 3.8) is 0 Å². The van der Waals surface area contributed by atoms with Crippen LogP contribution in [-0.4, -0.2) is 20.7 Å². The summed E-state index contributed by atoms with van der Waals surface area (Å²) < 4.78 is 23.9. The van der Waals surface area contributed by atoms with Gasteiger partial charge in [-0.25, -0.2) is 8.42 Å². The number of rotatable bonds is 0. The van der Waals surface area contributed by atoms with Crippen LogP contribution in [0.15, 0.2) is 22.7 Å². The minimum atomic E-state index is -2.92. The van der Waals surface area contributed by atoms with E-state index in [1.165, 1.54) is 0 Å². The van der Waals surface area contributed by atoms with Crippen molar-refractivity contribution in [2.45, 2.75) is 5.75 Å². The van der Waals surface area contributed by atoms with E-state index in [0.717, 1.165) is 15.7 Å². The minimum Gasteiger partial charge on any atom is -0.384 e. The number of fused-ring (bicyclic) bond motifs is 1. The zero-order valence-electron chi connectivity index (χ0n) is 7.46. The predicted molar refractivity (Wildman–Crippen MR) is 60.1 cm³/mol. The van der Waals surface area contributed by atoms with Crippen LogP contribution in [-0.2, 0) is 15.6 Å². The Labute approximate surface area is 91.6 Å². The van der Waals surface area contributed by atoms with Gasteiger partial charge in [-0.2, -0.15) is 0 Å². The maximum absolute atomic E-state index is 11.5. The molecular weight excluding hydrogens is 266 g/mol. The standard InChI is InChI=1S/C9H10BrNO2S/c10-8-2-1-7-6-14(12,13)4-3-11-9(7)5-8/h1-2,5,11H,3-4,6H2. The van der Waals surface area contributed by atoms with Crippen LogP contribution < -0.4 is 5.32 Å². The summed E-state index contributed by atoms with van der Waals surface area (Å²) in [6.07, 6.45) is 0. The van der Waals surface area contributed by atoms with Gasteiger partial charge in [-0.15, -0.1) is 0 Å². The summed E-state index contributed by atoms with van der Waals surface area (Å²) in [4.78, 5) is 0. The topological polar surface area (TPSA) is 46.2 Å². The molecule has 1 aromatic rings. The molecule has 1 aliphatic heterocycles. The Morgan fingerprint density at radius 3 is 2.93 bits per heavy atom. The van der Waals surface area contributed by atoms with E-state index in [9.17, 15) is 8.42 Å². The van der Waals surface area contributed by atoms with E-state index >= 15 is 0 Å². The maximum atomic E-state index is 11.5. The second-order valence-corrected chi connectivity index (χ2v) is 6.42. The van der Waals surface area contributed by atoms with Gasteiger partial charge in [0.1, 0.15) is 0 Å². The van der Waals surface area contributed by atoms with Crippen molar-refractivity contribution in [1.29, 1.82) is 0 Å². The van der Waals surface area contributed by atoms with Crippen LogP contribution in [0.4, 0.5) is 5.69 Å². The van der Waals surface area contributed by atoms with Crippen molar-refractivity contribution < 1.29 is 8.42 Å². The largest absolute Gasteiger partial charge is 0.384 e. The summed E-state index contributed by atoms with van der Waals surface area (Å²) >= 11 is 3.35. The van der Waals surface area contributed by atoms with E-state index < -0.39 is 9.84 Å². The van der Waals surface area contributed by atoms with Gasteiger partial charge in [0.25, 0.3) is 0 Å². The Morgan fingerprint density at radius 2 is 2.14 bits per heavy atom.